The van der Waals surface area contributed by atoms with E-state index in [2.05, 4.69) is 26.8 Å². The average molecular weight is 509 g/mol. The monoisotopic (exact) mass is 508 g/mol. The third kappa shape index (κ3) is 6.45. The maximum atomic E-state index is 13.7. The second-order valence-electron chi connectivity index (χ2n) is 11.1. The highest BCUT2D eigenvalue weighted by Gasteiger charge is 2.46. The fourth-order valence-corrected chi connectivity index (χ4v) is 5.15. The van der Waals surface area contributed by atoms with Gasteiger partial charge in [0.1, 0.15) is 18.1 Å². The van der Waals surface area contributed by atoms with E-state index in [9.17, 15) is 9.59 Å². The summed E-state index contributed by atoms with van der Waals surface area (Å²) in [6, 6.07) is 15.9. The standard InChI is InChI=1S/C30H40N2O5/c1-29(2,3)24-13-6-8-15-26(24)36-21-27(33)32-18-20-37-30(22-32)16-10-9-12-23-11-5-7-14-25(23)35-19-17-31(4)28(30)34/h5-8,11,13-15H,9-10,12,16-22H2,1-4H3. The minimum atomic E-state index is -1.05. The molecule has 2 aliphatic rings. The lowest BCUT2D eigenvalue weighted by Crippen LogP contribution is -2.61. The van der Waals surface area contributed by atoms with Gasteiger partial charge in [-0.3, -0.25) is 9.59 Å². The molecular formula is C30H40N2O5. The molecule has 0 radical (unpaired) electrons. The average Bonchev–Trinajstić information content (AvgIpc) is 2.89. The minimum Gasteiger partial charge on any atom is -0.491 e. The van der Waals surface area contributed by atoms with E-state index in [0.717, 1.165) is 30.6 Å². The van der Waals surface area contributed by atoms with Gasteiger partial charge in [-0.05, 0) is 54.4 Å². The largest absolute Gasteiger partial charge is 0.491 e. The molecule has 0 N–H and O–H groups in total. The molecule has 2 heterocycles. The molecule has 200 valence electrons. The van der Waals surface area contributed by atoms with Crippen LogP contribution < -0.4 is 9.47 Å². The quantitative estimate of drug-likeness (QED) is 0.621. The van der Waals surface area contributed by atoms with Crippen molar-refractivity contribution in [2.45, 2.75) is 57.5 Å². The first kappa shape index (κ1) is 27.0. The number of para-hydroxylation sites is 2. The Morgan fingerprint density at radius 2 is 1.78 bits per heavy atom. The molecule has 7 nitrogen and oxygen atoms in total. The Balaban J connectivity index is 1.45. The molecule has 2 aliphatic heterocycles. The van der Waals surface area contributed by atoms with E-state index in [0.29, 0.717) is 38.5 Å². The van der Waals surface area contributed by atoms with E-state index < -0.39 is 5.60 Å². The summed E-state index contributed by atoms with van der Waals surface area (Å²) in [6.45, 7) is 8.14. The van der Waals surface area contributed by atoms with Crippen LogP contribution in [0.15, 0.2) is 48.5 Å². The number of hydrogen-bond acceptors (Lipinski definition) is 5. The van der Waals surface area contributed by atoms with Gasteiger partial charge in [0.15, 0.2) is 12.2 Å². The number of benzene rings is 2. The number of likely N-dealkylation sites (N-methyl/N-ethyl adjacent to an activating group) is 1. The van der Waals surface area contributed by atoms with Crippen LogP contribution >= 0.6 is 0 Å². The number of aryl methyl sites for hydroxylation is 1. The Labute approximate surface area is 220 Å². The molecule has 0 aliphatic carbocycles. The van der Waals surface area contributed by atoms with Gasteiger partial charge in [0, 0.05) is 13.6 Å². The van der Waals surface area contributed by atoms with Crippen LogP contribution in [-0.2, 0) is 26.2 Å². The van der Waals surface area contributed by atoms with Crippen LogP contribution in [0.2, 0.25) is 0 Å². The zero-order valence-corrected chi connectivity index (χ0v) is 22.6. The second kappa shape index (κ2) is 11.5. The number of hydrogen-bond donors (Lipinski definition) is 0. The lowest BCUT2D eigenvalue weighted by Gasteiger charge is -2.43. The van der Waals surface area contributed by atoms with Crippen LogP contribution in [0.4, 0.5) is 0 Å². The number of fused-ring (bicyclic) bond motifs is 1. The Kier molecular flexibility index (Phi) is 8.42. The molecule has 1 spiro atoms. The predicted octanol–water partition coefficient (Wildman–Crippen LogP) is 4.22. The number of nitrogens with zero attached hydrogens (tertiary/aromatic N) is 2. The van der Waals surface area contributed by atoms with E-state index in [1.54, 1.807) is 16.8 Å². The summed E-state index contributed by atoms with van der Waals surface area (Å²) in [7, 11) is 1.78. The SMILES string of the molecule is CN1CCOc2ccccc2CCCCC2(CN(C(=O)COc3ccccc3C(C)(C)C)CCO2)C1=O. The molecule has 0 bridgehead atoms. The molecule has 1 fully saturated rings. The lowest BCUT2D eigenvalue weighted by molar-refractivity contribution is -0.176. The van der Waals surface area contributed by atoms with Crippen molar-refractivity contribution in [2.24, 2.45) is 0 Å². The molecule has 2 aromatic carbocycles. The smallest absolute Gasteiger partial charge is 0.260 e. The highest BCUT2D eigenvalue weighted by Crippen LogP contribution is 2.32. The predicted molar refractivity (Wildman–Crippen MR) is 143 cm³/mol. The van der Waals surface area contributed by atoms with E-state index in [1.165, 1.54) is 5.56 Å². The van der Waals surface area contributed by atoms with Gasteiger partial charge in [-0.1, -0.05) is 57.2 Å². The van der Waals surface area contributed by atoms with Crippen molar-refractivity contribution in [1.82, 2.24) is 9.80 Å². The van der Waals surface area contributed by atoms with E-state index in [4.69, 9.17) is 14.2 Å². The number of ether oxygens (including phenoxy) is 3. The van der Waals surface area contributed by atoms with Gasteiger partial charge in [-0.25, -0.2) is 0 Å². The molecular weight excluding hydrogens is 468 g/mol. The maximum absolute atomic E-state index is 13.7. The summed E-state index contributed by atoms with van der Waals surface area (Å²) in [5.74, 6) is 1.37. The van der Waals surface area contributed by atoms with Crippen LogP contribution in [0.1, 0.15) is 51.2 Å². The molecule has 7 heteroatoms. The molecule has 1 unspecified atom stereocenters. The van der Waals surface area contributed by atoms with Crippen LogP contribution in [0.3, 0.4) is 0 Å². The van der Waals surface area contributed by atoms with Gasteiger partial charge in [-0.15, -0.1) is 0 Å². The van der Waals surface area contributed by atoms with Crippen molar-refractivity contribution >= 4 is 11.8 Å². The lowest BCUT2D eigenvalue weighted by atomic mass is 9.86. The topological polar surface area (TPSA) is 68.3 Å². The molecule has 1 saturated heterocycles. The van der Waals surface area contributed by atoms with Crippen molar-refractivity contribution in [3.05, 3.63) is 59.7 Å². The van der Waals surface area contributed by atoms with Gasteiger partial charge in [0.05, 0.1) is 19.7 Å². The van der Waals surface area contributed by atoms with Crippen LogP contribution in [-0.4, -0.2) is 73.7 Å². The van der Waals surface area contributed by atoms with Crippen LogP contribution in [0, 0.1) is 0 Å². The summed E-state index contributed by atoms with van der Waals surface area (Å²) in [4.78, 5) is 30.3. The van der Waals surface area contributed by atoms with Gasteiger partial charge in [-0.2, -0.15) is 0 Å². The molecule has 37 heavy (non-hydrogen) atoms. The molecule has 4 rings (SSSR count). The number of carbonyl (C=O) groups is 2. The highest BCUT2D eigenvalue weighted by atomic mass is 16.5. The summed E-state index contributed by atoms with van der Waals surface area (Å²) < 4.78 is 18.2. The first-order valence-corrected chi connectivity index (χ1v) is 13.3. The molecule has 2 amide bonds. The van der Waals surface area contributed by atoms with Crippen molar-refractivity contribution in [1.29, 1.82) is 0 Å². The van der Waals surface area contributed by atoms with E-state index >= 15 is 0 Å². The van der Waals surface area contributed by atoms with Crippen molar-refractivity contribution in [3.63, 3.8) is 0 Å². The zero-order chi connectivity index (χ0) is 26.5. The van der Waals surface area contributed by atoms with Gasteiger partial charge >= 0.3 is 0 Å². The van der Waals surface area contributed by atoms with E-state index in [-0.39, 0.29) is 30.4 Å². The number of morpholine rings is 1. The van der Waals surface area contributed by atoms with Crippen LogP contribution in [0.5, 0.6) is 11.5 Å². The first-order chi connectivity index (χ1) is 17.7. The Morgan fingerprint density at radius 3 is 2.59 bits per heavy atom. The summed E-state index contributed by atoms with van der Waals surface area (Å²) >= 11 is 0. The van der Waals surface area contributed by atoms with Gasteiger partial charge in [0.25, 0.3) is 11.8 Å². The number of rotatable bonds is 3. The second-order valence-corrected chi connectivity index (χ2v) is 11.1. The maximum Gasteiger partial charge on any atom is 0.260 e. The Morgan fingerprint density at radius 1 is 1.03 bits per heavy atom. The molecule has 1 atom stereocenters. The van der Waals surface area contributed by atoms with Crippen LogP contribution in [0.25, 0.3) is 0 Å². The molecule has 0 aromatic heterocycles. The molecule has 2 aromatic rings. The molecule has 0 saturated carbocycles. The summed E-state index contributed by atoms with van der Waals surface area (Å²) in [5, 5.41) is 0. The summed E-state index contributed by atoms with van der Waals surface area (Å²) in [5.41, 5.74) is 1.09. The fourth-order valence-electron chi connectivity index (χ4n) is 5.15. The van der Waals surface area contributed by atoms with Crippen molar-refractivity contribution in [3.8, 4) is 11.5 Å². The Bertz CT molecular complexity index is 1100. The van der Waals surface area contributed by atoms with Gasteiger partial charge < -0.3 is 24.0 Å². The summed E-state index contributed by atoms with van der Waals surface area (Å²) in [6.07, 6.45) is 3.16. The van der Waals surface area contributed by atoms with Gasteiger partial charge in [0.2, 0.25) is 0 Å². The number of amides is 2. The van der Waals surface area contributed by atoms with E-state index in [1.807, 2.05) is 42.5 Å². The fraction of sp³-hybridized carbons (Fsp3) is 0.533. The first-order valence-electron chi connectivity index (χ1n) is 13.3. The number of carbonyl (C=O) groups excluding carboxylic acids is 2. The van der Waals surface area contributed by atoms with Crippen molar-refractivity contribution < 1.29 is 23.8 Å². The normalized spacial score (nSPS) is 21.5. The third-order valence-electron chi connectivity index (χ3n) is 7.25. The Hall–Kier alpha value is -3.06. The minimum absolute atomic E-state index is 0.0716. The van der Waals surface area contributed by atoms with Crippen molar-refractivity contribution in [2.75, 3.05) is 46.5 Å². The third-order valence-corrected chi connectivity index (χ3v) is 7.25. The highest BCUT2D eigenvalue weighted by molar-refractivity contribution is 5.87. The zero-order valence-electron chi connectivity index (χ0n) is 22.6.